The van der Waals surface area contributed by atoms with Crippen LogP contribution in [0, 0.1) is 11.3 Å². The van der Waals surface area contributed by atoms with Crippen LogP contribution < -0.4 is 0 Å². The Hall–Kier alpha value is -1.18. The summed E-state index contributed by atoms with van der Waals surface area (Å²) in [5, 5.41) is 10.00. The predicted octanol–water partition coefficient (Wildman–Crippen LogP) is 5.84. The quantitative estimate of drug-likeness (QED) is 0.624. The number of allylic oxidation sites excluding steroid dienone is 2. The molecule has 2 unspecified atom stereocenters. The number of hydrogen-bond acceptors (Lipinski definition) is 2. The summed E-state index contributed by atoms with van der Waals surface area (Å²) in [7, 11) is 0. The van der Waals surface area contributed by atoms with Gasteiger partial charge in [0.05, 0.1) is 11.3 Å². The van der Waals surface area contributed by atoms with Gasteiger partial charge < -0.3 is 10.0 Å². The zero-order valence-electron chi connectivity index (χ0n) is 15.7. The van der Waals surface area contributed by atoms with Crippen LogP contribution in [0.5, 0.6) is 0 Å². The van der Waals surface area contributed by atoms with Crippen molar-refractivity contribution in [1.82, 2.24) is 4.90 Å². The molecule has 0 aliphatic carbocycles. The number of hydrogen-bond donors (Lipinski definition) is 1. The van der Waals surface area contributed by atoms with Gasteiger partial charge in [0.2, 0.25) is 0 Å². The van der Waals surface area contributed by atoms with Crippen LogP contribution >= 0.6 is 0 Å². The first kappa shape index (κ1) is 18.9. The Kier molecular flexibility index (Phi) is 5.95. The van der Waals surface area contributed by atoms with Gasteiger partial charge in [0.15, 0.2) is 0 Å². The summed E-state index contributed by atoms with van der Waals surface area (Å²) in [5.74, 6) is 0.270. The topological polar surface area (TPSA) is 23.5 Å². The van der Waals surface area contributed by atoms with Crippen molar-refractivity contribution in [3.05, 3.63) is 35.8 Å². The van der Waals surface area contributed by atoms with Gasteiger partial charge in [-0.15, -0.1) is 0 Å². The average Bonchev–Trinajstić information content (AvgIpc) is 2.38. The first-order valence-corrected chi connectivity index (χ1v) is 8.56. The van der Waals surface area contributed by atoms with Gasteiger partial charge in [-0.25, -0.2) is 0 Å². The molecule has 0 radical (unpaired) electrons. The molecule has 2 nitrogen and oxygen atoms in total. The molecule has 1 N–H and O–H groups in total. The first-order chi connectivity index (χ1) is 10.0. The summed E-state index contributed by atoms with van der Waals surface area (Å²) in [6, 6.07) is 0. The van der Waals surface area contributed by atoms with Crippen LogP contribution in [0.1, 0.15) is 67.7 Å². The van der Waals surface area contributed by atoms with Crippen molar-refractivity contribution in [2.75, 3.05) is 6.54 Å². The molecular formula is C20H35NO. The molecule has 1 heterocycles. The number of aliphatic hydroxyl groups excluding tert-OH is 1. The van der Waals surface area contributed by atoms with E-state index in [9.17, 15) is 5.11 Å². The van der Waals surface area contributed by atoms with E-state index in [1.807, 2.05) is 0 Å². The average molecular weight is 306 g/mol. The minimum absolute atomic E-state index is 0.00340. The normalized spacial score (nSPS) is 23.9. The van der Waals surface area contributed by atoms with Gasteiger partial charge in [-0.05, 0) is 43.3 Å². The van der Waals surface area contributed by atoms with Crippen LogP contribution in [-0.2, 0) is 0 Å². The van der Waals surface area contributed by atoms with Gasteiger partial charge in [-0.2, -0.15) is 0 Å². The van der Waals surface area contributed by atoms with E-state index < -0.39 is 0 Å². The Balaban J connectivity index is 3.21. The second-order valence-electron chi connectivity index (χ2n) is 8.20. The van der Waals surface area contributed by atoms with Gasteiger partial charge in [-0.3, -0.25) is 0 Å². The fraction of sp³-hybridized carbons (Fsp3) is 0.700. The van der Waals surface area contributed by atoms with E-state index in [0.717, 1.165) is 19.4 Å². The summed E-state index contributed by atoms with van der Waals surface area (Å²) < 4.78 is 0. The van der Waals surface area contributed by atoms with Gasteiger partial charge in [0.1, 0.15) is 0 Å². The smallest absolute Gasteiger partial charge is 0.0905 e. The predicted molar refractivity (Wildman–Crippen MR) is 96.9 cm³/mol. The van der Waals surface area contributed by atoms with E-state index in [1.165, 1.54) is 17.6 Å². The Morgan fingerprint density at radius 1 is 1.41 bits per heavy atom. The molecule has 1 aliphatic heterocycles. The van der Waals surface area contributed by atoms with E-state index >= 15 is 0 Å². The number of unbranched alkanes of at least 4 members (excludes halogenated alkanes) is 1. The Morgan fingerprint density at radius 3 is 2.45 bits per heavy atom. The van der Waals surface area contributed by atoms with Crippen molar-refractivity contribution >= 4 is 0 Å². The summed E-state index contributed by atoms with van der Waals surface area (Å²) in [5.41, 5.74) is 2.80. The number of aliphatic hydroxyl groups is 1. The fourth-order valence-electron chi connectivity index (χ4n) is 3.11. The molecule has 0 aromatic carbocycles. The molecule has 126 valence electrons. The Labute approximate surface area is 137 Å². The highest BCUT2D eigenvalue weighted by atomic mass is 16.3. The van der Waals surface area contributed by atoms with Crippen molar-refractivity contribution in [3.63, 3.8) is 0 Å². The molecule has 0 saturated carbocycles. The third-order valence-corrected chi connectivity index (χ3v) is 4.79. The molecule has 0 saturated heterocycles. The largest absolute Gasteiger partial charge is 0.513 e. The van der Waals surface area contributed by atoms with Crippen LogP contribution in [0.2, 0.25) is 0 Å². The molecule has 1 rings (SSSR count). The molecule has 0 spiro atoms. The Morgan fingerprint density at radius 2 is 2.00 bits per heavy atom. The summed E-state index contributed by atoms with van der Waals surface area (Å²) in [4.78, 5) is 2.39. The minimum atomic E-state index is -0.207. The molecule has 1 aliphatic rings. The molecule has 0 aromatic rings. The fourth-order valence-corrected chi connectivity index (χ4v) is 3.11. The van der Waals surface area contributed by atoms with Crippen LogP contribution in [0.15, 0.2) is 35.8 Å². The lowest BCUT2D eigenvalue weighted by Gasteiger charge is -2.47. The standard InChI is InChI=1S/C20H35NO/c1-9-10-11-21-14-15(2)18(12-19(5,6)7)13-20(21,8)16(3)17(4)22/h13-14,16,22H,4,9-12H2,1-3,5-8H3. The molecule has 2 heteroatoms. The molecule has 0 fully saturated rings. The lowest BCUT2D eigenvalue weighted by atomic mass is 9.76. The van der Waals surface area contributed by atoms with Gasteiger partial charge in [0, 0.05) is 18.7 Å². The van der Waals surface area contributed by atoms with Crippen molar-refractivity contribution in [2.45, 2.75) is 73.3 Å². The summed E-state index contributed by atoms with van der Waals surface area (Å²) in [6.07, 6.45) is 8.04. The third kappa shape index (κ3) is 4.41. The lowest BCUT2D eigenvalue weighted by molar-refractivity contribution is 0.132. The van der Waals surface area contributed by atoms with Crippen LogP contribution in [0.25, 0.3) is 0 Å². The van der Waals surface area contributed by atoms with Crippen molar-refractivity contribution in [2.24, 2.45) is 11.3 Å². The van der Waals surface area contributed by atoms with E-state index in [2.05, 4.69) is 72.2 Å². The number of nitrogens with zero attached hydrogens (tertiary/aromatic N) is 1. The van der Waals surface area contributed by atoms with E-state index in [-0.39, 0.29) is 22.6 Å². The monoisotopic (exact) mass is 305 g/mol. The second kappa shape index (κ2) is 6.93. The molecule has 2 atom stereocenters. The zero-order chi connectivity index (χ0) is 17.1. The SMILES string of the molecule is C=C(O)C(C)C1(C)C=C(CC(C)(C)C)C(C)=CN1CCCC. The Bertz CT molecular complexity index is 467. The van der Waals surface area contributed by atoms with Gasteiger partial charge in [-0.1, -0.05) is 53.7 Å². The van der Waals surface area contributed by atoms with E-state index in [4.69, 9.17) is 0 Å². The van der Waals surface area contributed by atoms with Crippen LogP contribution in [-0.4, -0.2) is 22.1 Å². The molecular weight excluding hydrogens is 270 g/mol. The highest BCUT2D eigenvalue weighted by molar-refractivity contribution is 5.38. The van der Waals surface area contributed by atoms with Gasteiger partial charge >= 0.3 is 0 Å². The zero-order valence-corrected chi connectivity index (χ0v) is 15.7. The summed E-state index contributed by atoms with van der Waals surface area (Å²) in [6.45, 7) is 20.3. The van der Waals surface area contributed by atoms with Crippen molar-refractivity contribution in [3.8, 4) is 0 Å². The molecule has 22 heavy (non-hydrogen) atoms. The highest BCUT2D eigenvalue weighted by Gasteiger charge is 2.38. The molecule has 0 aromatic heterocycles. The van der Waals surface area contributed by atoms with E-state index in [1.54, 1.807) is 0 Å². The maximum Gasteiger partial charge on any atom is 0.0905 e. The maximum atomic E-state index is 10.00. The van der Waals surface area contributed by atoms with Crippen LogP contribution in [0.3, 0.4) is 0 Å². The van der Waals surface area contributed by atoms with Crippen molar-refractivity contribution in [1.29, 1.82) is 0 Å². The van der Waals surface area contributed by atoms with Gasteiger partial charge in [0.25, 0.3) is 0 Å². The summed E-state index contributed by atoms with van der Waals surface area (Å²) >= 11 is 0. The number of rotatable bonds is 6. The molecule has 0 amide bonds. The first-order valence-electron chi connectivity index (χ1n) is 8.56. The third-order valence-electron chi connectivity index (χ3n) is 4.79. The lowest BCUT2D eigenvalue weighted by Crippen LogP contribution is -2.49. The second-order valence-corrected chi connectivity index (χ2v) is 8.20. The van der Waals surface area contributed by atoms with Crippen LogP contribution in [0.4, 0.5) is 0 Å². The molecule has 0 bridgehead atoms. The van der Waals surface area contributed by atoms with E-state index in [0.29, 0.717) is 0 Å². The van der Waals surface area contributed by atoms with Crippen molar-refractivity contribution < 1.29 is 5.11 Å². The maximum absolute atomic E-state index is 10.00. The minimum Gasteiger partial charge on any atom is -0.513 e. The highest BCUT2D eigenvalue weighted by Crippen LogP contribution is 2.40.